The minimum absolute atomic E-state index is 0.134. The largest absolute Gasteiger partial charge is 0.377 e. The van der Waals surface area contributed by atoms with Crippen LogP contribution >= 0.6 is 0 Å². The normalized spacial score (nSPS) is 12.9. The van der Waals surface area contributed by atoms with Gasteiger partial charge in [0.25, 0.3) is 11.8 Å². The Labute approximate surface area is 153 Å². The number of nitrogens with zero attached hydrogens (tertiary/aromatic N) is 1. The number of carbonyl (C=O) groups excluding carboxylic acids is 3. The topological polar surface area (TPSA) is 111 Å². The molecule has 0 fully saturated rings. The highest BCUT2D eigenvalue weighted by Gasteiger charge is 2.25. The molecule has 0 bridgehead atoms. The number of hydrogen-bond acceptors (Lipinski definition) is 5. The molecule has 1 aromatic carbocycles. The number of rotatable bonds is 8. The molecule has 0 unspecified atom stereocenters. The van der Waals surface area contributed by atoms with Gasteiger partial charge in [0.2, 0.25) is 5.91 Å². The van der Waals surface area contributed by atoms with Crippen LogP contribution in [0.4, 0.5) is 5.69 Å². The number of anilines is 1. The van der Waals surface area contributed by atoms with Crippen LogP contribution in [0.3, 0.4) is 0 Å². The second-order valence-corrected chi connectivity index (χ2v) is 6.77. The number of hydroxylamine groups is 1. The number of hydrogen-bond donors (Lipinski definition) is 4. The van der Waals surface area contributed by atoms with Crippen LogP contribution < -0.4 is 21.0 Å². The third-order valence-electron chi connectivity index (χ3n) is 3.82. The van der Waals surface area contributed by atoms with Crippen molar-refractivity contribution < 1.29 is 19.6 Å². The molecule has 0 aromatic heterocycles. The van der Waals surface area contributed by atoms with Gasteiger partial charge in [0.15, 0.2) is 0 Å². The van der Waals surface area contributed by atoms with Crippen LogP contribution in [0.15, 0.2) is 24.3 Å². The third-order valence-corrected chi connectivity index (χ3v) is 3.82. The molecule has 1 rings (SSSR count). The number of benzene rings is 1. The fourth-order valence-corrected chi connectivity index (χ4v) is 2.47. The molecule has 1 aromatic rings. The standard InChI is InChI=1S/C18H28N4O4/c1-11(2)10-14(18(25)21-26)20-16(23)12(3)19-17(24)13-8-6-7-9-15(13)22(4)5/h6-9,11-12,14,26H,10H2,1-5H3,(H,19,24)(H,20,23)(H,21,25)/t12-,14-/m0/s1. The van der Waals surface area contributed by atoms with E-state index in [9.17, 15) is 14.4 Å². The van der Waals surface area contributed by atoms with Gasteiger partial charge in [-0.1, -0.05) is 26.0 Å². The highest BCUT2D eigenvalue weighted by atomic mass is 16.5. The van der Waals surface area contributed by atoms with Crippen molar-refractivity contribution in [2.75, 3.05) is 19.0 Å². The summed E-state index contributed by atoms with van der Waals surface area (Å²) >= 11 is 0. The van der Waals surface area contributed by atoms with Crippen molar-refractivity contribution in [3.8, 4) is 0 Å². The second-order valence-electron chi connectivity index (χ2n) is 6.77. The molecule has 8 heteroatoms. The fraction of sp³-hybridized carbons (Fsp3) is 0.500. The van der Waals surface area contributed by atoms with E-state index in [2.05, 4.69) is 10.6 Å². The summed E-state index contributed by atoms with van der Waals surface area (Å²) in [6, 6.07) is 5.34. The molecule has 0 aliphatic rings. The maximum atomic E-state index is 12.5. The van der Waals surface area contributed by atoms with Crippen LogP contribution in [0, 0.1) is 5.92 Å². The first-order valence-corrected chi connectivity index (χ1v) is 8.48. The van der Waals surface area contributed by atoms with Crippen LogP contribution in [0.5, 0.6) is 0 Å². The monoisotopic (exact) mass is 364 g/mol. The number of carbonyl (C=O) groups is 3. The summed E-state index contributed by atoms with van der Waals surface area (Å²) in [5.41, 5.74) is 2.73. The molecule has 0 aliphatic carbocycles. The first-order chi connectivity index (χ1) is 12.2. The Morgan fingerprint density at radius 1 is 1.04 bits per heavy atom. The van der Waals surface area contributed by atoms with Gasteiger partial charge in [-0.3, -0.25) is 19.6 Å². The Morgan fingerprint density at radius 2 is 1.65 bits per heavy atom. The molecule has 0 radical (unpaired) electrons. The van der Waals surface area contributed by atoms with E-state index in [-0.39, 0.29) is 11.8 Å². The van der Waals surface area contributed by atoms with Crippen LogP contribution in [0.2, 0.25) is 0 Å². The molecule has 8 nitrogen and oxygen atoms in total. The van der Waals surface area contributed by atoms with Gasteiger partial charge in [-0.2, -0.15) is 0 Å². The van der Waals surface area contributed by atoms with Crippen molar-refractivity contribution in [2.45, 2.75) is 39.3 Å². The van der Waals surface area contributed by atoms with Crippen LogP contribution in [-0.2, 0) is 9.59 Å². The van der Waals surface area contributed by atoms with E-state index in [1.165, 1.54) is 6.92 Å². The Kier molecular flexibility index (Phi) is 8.05. The van der Waals surface area contributed by atoms with E-state index in [0.29, 0.717) is 12.0 Å². The Bertz CT molecular complexity index is 646. The summed E-state index contributed by atoms with van der Waals surface area (Å²) in [6.07, 6.45) is 0.363. The third kappa shape index (κ3) is 6.03. The van der Waals surface area contributed by atoms with Gasteiger partial charge in [0, 0.05) is 19.8 Å². The maximum absolute atomic E-state index is 12.5. The van der Waals surface area contributed by atoms with E-state index in [1.807, 2.05) is 45.0 Å². The molecule has 3 amide bonds. The van der Waals surface area contributed by atoms with E-state index in [0.717, 1.165) is 5.69 Å². The molecule has 0 heterocycles. The lowest BCUT2D eigenvalue weighted by Gasteiger charge is -2.22. The lowest BCUT2D eigenvalue weighted by atomic mass is 10.0. The number of para-hydroxylation sites is 1. The first kappa shape index (κ1) is 21.4. The smallest absolute Gasteiger partial charge is 0.265 e. The molecule has 26 heavy (non-hydrogen) atoms. The molecule has 0 saturated heterocycles. The minimum Gasteiger partial charge on any atom is -0.377 e. The zero-order valence-electron chi connectivity index (χ0n) is 15.9. The Hall–Kier alpha value is -2.61. The van der Waals surface area contributed by atoms with Crippen molar-refractivity contribution in [1.29, 1.82) is 0 Å². The maximum Gasteiger partial charge on any atom is 0.265 e. The quantitative estimate of drug-likeness (QED) is 0.405. The van der Waals surface area contributed by atoms with Gasteiger partial charge in [0.1, 0.15) is 12.1 Å². The summed E-state index contributed by atoms with van der Waals surface area (Å²) in [5, 5.41) is 14.0. The van der Waals surface area contributed by atoms with Crippen molar-refractivity contribution >= 4 is 23.4 Å². The van der Waals surface area contributed by atoms with Crippen LogP contribution in [0.1, 0.15) is 37.6 Å². The SMILES string of the molecule is CC(C)C[C@H](NC(=O)[C@H](C)NC(=O)c1ccccc1N(C)C)C(=O)NO. The summed E-state index contributed by atoms with van der Waals surface area (Å²) in [7, 11) is 3.65. The van der Waals surface area contributed by atoms with E-state index in [4.69, 9.17) is 5.21 Å². The summed E-state index contributed by atoms with van der Waals surface area (Å²) in [5.74, 6) is -1.45. The zero-order valence-corrected chi connectivity index (χ0v) is 15.9. The van der Waals surface area contributed by atoms with E-state index in [1.54, 1.807) is 17.6 Å². The van der Waals surface area contributed by atoms with Gasteiger partial charge in [-0.05, 0) is 31.4 Å². The average Bonchev–Trinajstić information content (AvgIpc) is 2.59. The van der Waals surface area contributed by atoms with Crippen LogP contribution in [0.25, 0.3) is 0 Å². The van der Waals surface area contributed by atoms with Crippen molar-refractivity contribution in [3.63, 3.8) is 0 Å². The van der Waals surface area contributed by atoms with Gasteiger partial charge < -0.3 is 15.5 Å². The summed E-state index contributed by atoms with van der Waals surface area (Å²) in [4.78, 5) is 38.4. The minimum atomic E-state index is -0.874. The zero-order chi connectivity index (χ0) is 19.9. The van der Waals surface area contributed by atoms with Crippen molar-refractivity contribution in [3.05, 3.63) is 29.8 Å². The predicted molar refractivity (Wildman–Crippen MR) is 99.0 cm³/mol. The molecule has 144 valence electrons. The van der Waals surface area contributed by atoms with Gasteiger partial charge in [-0.15, -0.1) is 0 Å². The fourth-order valence-electron chi connectivity index (χ4n) is 2.47. The van der Waals surface area contributed by atoms with Gasteiger partial charge in [0.05, 0.1) is 5.56 Å². The van der Waals surface area contributed by atoms with Crippen molar-refractivity contribution in [2.24, 2.45) is 5.92 Å². The molecule has 4 N–H and O–H groups in total. The van der Waals surface area contributed by atoms with Gasteiger partial charge in [-0.25, -0.2) is 5.48 Å². The molecule has 0 aliphatic heterocycles. The Balaban J connectivity index is 2.80. The average molecular weight is 364 g/mol. The molecule has 0 saturated carbocycles. The van der Waals surface area contributed by atoms with Crippen molar-refractivity contribution in [1.82, 2.24) is 16.1 Å². The van der Waals surface area contributed by atoms with E-state index < -0.39 is 23.9 Å². The molecule has 2 atom stereocenters. The highest BCUT2D eigenvalue weighted by molar-refractivity contribution is 6.02. The van der Waals surface area contributed by atoms with Crippen LogP contribution in [-0.4, -0.2) is 49.1 Å². The van der Waals surface area contributed by atoms with Gasteiger partial charge >= 0.3 is 0 Å². The lowest BCUT2D eigenvalue weighted by Crippen LogP contribution is -2.52. The molecule has 0 spiro atoms. The molecular formula is C18H28N4O4. The highest BCUT2D eigenvalue weighted by Crippen LogP contribution is 2.17. The Morgan fingerprint density at radius 3 is 2.19 bits per heavy atom. The summed E-state index contributed by atoms with van der Waals surface area (Å²) < 4.78 is 0. The first-order valence-electron chi connectivity index (χ1n) is 8.48. The second kappa shape index (κ2) is 9.76. The molecular weight excluding hydrogens is 336 g/mol. The number of amides is 3. The number of nitrogens with one attached hydrogen (secondary N) is 3. The summed E-state index contributed by atoms with van der Waals surface area (Å²) in [6.45, 7) is 5.33. The van der Waals surface area contributed by atoms with E-state index >= 15 is 0 Å². The lowest BCUT2D eigenvalue weighted by molar-refractivity contribution is -0.135. The predicted octanol–water partition coefficient (Wildman–Crippen LogP) is 0.907.